The summed E-state index contributed by atoms with van der Waals surface area (Å²) in [7, 11) is 0. The van der Waals surface area contributed by atoms with Gasteiger partial charge in [-0.1, -0.05) is 91.0 Å². The van der Waals surface area contributed by atoms with E-state index < -0.39 is 47.7 Å². The zero-order valence-corrected chi connectivity index (χ0v) is 30.6. The SMILES string of the molecule is CC(C)(C)OC(=O)N1Cc2ccccc2C[C@H]1C(=O)N[C@H](Cc1ccccc1)C(=O)N1C[C@H](OCc2ccc3ccccc3c2)C[C@@H]1C(=O)NCCN. The quantitative estimate of drug-likeness (QED) is 0.207. The number of likely N-dealkylation sites (tertiary alicyclic amines) is 1. The van der Waals surface area contributed by atoms with Gasteiger partial charge in [0.25, 0.3) is 0 Å². The summed E-state index contributed by atoms with van der Waals surface area (Å²) in [6.07, 6.45) is -0.318. The summed E-state index contributed by atoms with van der Waals surface area (Å²) in [6, 6.07) is 28.5. The molecule has 4 aromatic rings. The van der Waals surface area contributed by atoms with Crippen molar-refractivity contribution in [2.24, 2.45) is 5.73 Å². The van der Waals surface area contributed by atoms with E-state index in [9.17, 15) is 19.2 Å². The number of hydrogen-bond donors (Lipinski definition) is 3. The Morgan fingerprint density at radius 2 is 1.51 bits per heavy atom. The summed E-state index contributed by atoms with van der Waals surface area (Å²) < 4.78 is 12.1. The molecule has 0 aromatic heterocycles. The van der Waals surface area contributed by atoms with Gasteiger partial charge in [0.1, 0.15) is 23.7 Å². The van der Waals surface area contributed by atoms with Gasteiger partial charge in [0.05, 0.1) is 19.3 Å². The highest BCUT2D eigenvalue weighted by molar-refractivity contribution is 5.95. The van der Waals surface area contributed by atoms with Crippen LogP contribution in [0.15, 0.2) is 97.1 Å². The molecule has 2 aliphatic rings. The molecule has 0 spiro atoms. The molecule has 0 bridgehead atoms. The predicted octanol–water partition coefficient (Wildman–Crippen LogP) is 4.49. The van der Waals surface area contributed by atoms with Gasteiger partial charge in [-0.25, -0.2) is 4.79 Å². The summed E-state index contributed by atoms with van der Waals surface area (Å²) in [5.41, 5.74) is 8.61. The van der Waals surface area contributed by atoms with E-state index in [4.69, 9.17) is 15.2 Å². The van der Waals surface area contributed by atoms with Crippen molar-refractivity contribution >= 4 is 34.6 Å². The molecule has 2 aliphatic heterocycles. The van der Waals surface area contributed by atoms with Crippen molar-refractivity contribution in [1.29, 1.82) is 0 Å². The molecule has 11 heteroatoms. The number of nitrogens with two attached hydrogens (primary N) is 1. The maximum absolute atomic E-state index is 14.7. The highest BCUT2D eigenvalue weighted by atomic mass is 16.6. The van der Waals surface area contributed by atoms with Crippen LogP contribution in [0.25, 0.3) is 10.8 Å². The fraction of sp³-hybridized carbons (Fsp3) is 0.381. The summed E-state index contributed by atoms with van der Waals surface area (Å²) in [6.45, 7) is 6.50. The second kappa shape index (κ2) is 16.6. The molecule has 0 saturated carbocycles. The second-order valence-electron chi connectivity index (χ2n) is 14.8. The van der Waals surface area contributed by atoms with Crippen LogP contribution < -0.4 is 16.4 Å². The number of nitrogens with zero attached hydrogens (tertiary/aromatic N) is 2. The van der Waals surface area contributed by atoms with E-state index in [1.807, 2.05) is 84.9 Å². The molecular weight excluding hydrogens is 670 g/mol. The lowest BCUT2D eigenvalue weighted by Crippen LogP contribution is -2.59. The van der Waals surface area contributed by atoms with Crippen LogP contribution in [0.4, 0.5) is 4.79 Å². The van der Waals surface area contributed by atoms with E-state index in [1.54, 1.807) is 20.8 Å². The van der Waals surface area contributed by atoms with Gasteiger partial charge in [-0.05, 0) is 59.9 Å². The molecule has 1 fully saturated rings. The van der Waals surface area contributed by atoms with Crippen molar-refractivity contribution in [1.82, 2.24) is 20.4 Å². The number of fused-ring (bicyclic) bond motifs is 2. The lowest BCUT2D eigenvalue weighted by molar-refractivity contribution is -0.142. The predicted molar refractivity (Wildman–Crippen MR) is 202 cm³/mol. The minimum absolute atomic E-state index is 0.162. The van der Waals surface area contributed by atoms with E-state index >= 15 is 0 Å². The molecule has 0 unspecified atom stereocenters. The lowest BCUT2D eigenvalue weighted by Gasteiger charge is -2.37. The number of rotatable bonds is 11. The molecule has 0 aliphatic carbocycles. The van der Waals surface area contributed by atoms with Crippen molar-refractivity contribution in [3.05, 3.63) is 119 Å². The number of amides is 4. The fourth-order valence-corrected chi connectivity index (χ4v) is 7.05. The summed E-state index contributed by atoms with van der Waals surface area (Å²) >= 11 is 0. The number of hydrogen-bond acceptors (Lipinski definition) is 7. The number of carbonyl (C=O) groups is 4. The molecule has 4 aromatic carbocycles. The first-order valence-corrected chi connectivity index (χ1v) is 18.3. The molecule has 4 atom stereocenters. The highest BCUT2D eigenvalue weighted by Crippen LogP contribution is 2.28. The van der Waals surface area contributed by atoms with Crippen molar-refractivity contribution in [3.8, 4) is 0 Å². The van der Waals surface area contributed by atoms with Crippen LogP contribution >= 0.6 is 0 Å². The second-order valence-corrected chi connectivity index (χ2v) is 14.8. The molecular formula is C42H49N5O6. The summed E-state index contributed by atoms with van der Waals surface area (Å²) in [5, 5.41) is 8.08. The maximum Gasteiger partial charge on any atom is 0.411 e. The van der Waals surface area contributed by atoms with Crippen LogP contribution in [0.2, 0.25) is 0 Å². The van der Waals surface area contributed by atoms with E-state index in [-0.39, 0.29) is 51.3 Å². The molecule has 2 heterocycles. The first-order valence-electron chi connectivity index (χ1n) is 18.3. The van der Waals surface area contributed by atoms with E-state index in [2.05, 4.69) is 22.8 Å². The smallest absolute Gasteiger partial charge is 0.411 e. The zero-order chi connectivity index (χ0) is 37.5. The Kier molecular flexibility index (Phi) is 11.7. The lowest BCUT2D eigenvalue weighted by atomic mass is 9.93. The molecule has 4 amide bonds. The molecule has 278 valence electrons. The average molecular weight is 720 g/mol. The van der Waals surface area contributed by atoms with Crippen LogP contribution in [0.1, 0.15) is 49.4 Å². The molecule has 4 N–H and O–H groups in total. The van der Waals surface area contributed by atoms with Crippen LogP contribution in [-0.2, 0) is 49.9 Å². The van der Waals surface area contributed by atoms with Crippen LogP contribution in [0.5, 0.6) is 0 Å². The first kappa shape index (κ1) is 37.5. The van der Waals surface area contributed by atoms with Crippen LogP contribution in [0.3, 0.4) is 0 Å². The van der Waals surface area contributed by atoms with Gasteiger partial charge >= 0.3 is 6.09 Å². The Hall–Kier alpha value is -5.26. The van der Waals surface area contributed by atoms with E-state index in [0.717, 1.165) is 33.0 Å². The van der Waals surface area contributed by atoms with Gasteiger partial charge in [-0.3, -0.25) is 19.3 Å². The normalized spacial score (nSPS) is 19.0. The largest absolute Gasteiger partial charge is 0.444 e. The monoisotopic (exact) mass is 719 g/mol. The topological polar surface area (TPSA) is 143 Å². The Balaban J connectivity index is 1.25. The Labute approximate surface area is 310 Å². The van der Waals surface area contributed by atoms with Gasteiger partial charge < -0.3 is 30.7 Å². The highest BCUT2D eigenvalue weighted by Gasteiger charge is 2.44. The number of nitrogens with one attached hydrogen (secondary N) is 2. The van der Waals surface area contributed by atoms with Crippen molar-refractivity contribution in [3.63, 3.8) is 0 Å². The standard InChI is InChI=1S/C42H49N5O6/c1-42(2,3)53-41(51)47-25-33-16-10-9-15-32(33)23-36(47)39(49)45-35(22-28-11-5-4-6-12-28)40(50)46-26-34(24-37(46)38(48)44-20-19-43)52-27-29-17-18-30-13-7-8-14-31(30)21-29/h4-18,21,34-37H,19-20,22-27,43H2,1-3H3,(H,44,48)(H,45,49)/t34-,35-,36+,37-/m1/s1. The molecule has 11 nitrogen and oxygen atoms in total. The number of benzene rings is 4. The van der Waals surface area contributed by atoms with Gasteiger partial charge in [0.15, 0.2) is 0 Å². The average Bonchev–Trinajstić information content (AvgIpc) is 3.59. The number of ether oxygens (including phenoxy) is 2. The Bertz CT molecular complexity index is 1930. The molecule has 0 radical (unpaired) electrons. The molecule has 53 heavy (non-hydrogen) atoms. The maximum atomic E-state index is 14.7. The van der Waals surface area contributed by atoms with Crippen molar-refractivity contribution in [2.45, 2.75) is 83.0 Å². The van der Waals surface area contributed by atoms with Crippen LogP contribution in [-0.4, -0.2) is 83.1 Å². The number of carbonyl (C=O) groups excluding carboxylic acids is 4. The molecule has 6 rings (SSSR count). The minimum atomic E-state index is -1.04. The van der Waals surface area contributed by atoms with Gasteiger partial charge in [0, 0.05) is 38.9 Å². The van der Waals surface area contributed by atoms with Gasteiger partial charge in [-0.15, -0.1) is 0 Å². The third-order valence-corrected chi connectivity index (χ3v) is 9.67. The Morgan fingerprint density at radius 1 is 0.811 bits per heavy atom. The van der Waals surface area contributed by atoms with E-state index in [1.165, 1.54) is 9.80 Å². The third-order valence-electron chi connectivity index (χ3n) is 9.67. The summed E-state index contributed by atoms with van der Waals surface area (Å²) in [4.78, 5) is 59.0. The minimum Gasteiger partial charge on any atom is -0.444 e. The van der Waals surface area contributed by atoms with Crippen LogP contribution in [0, 0.1) is 0 Å². The van der Waals surface area contributed by atoms with Crippen molar-refractivity contribution in [2.75, 3.05) is 19.6 Å². The fourth-order valence-electron chi connectivity index (χ4n) is 7.05. The summed E-state index contributed by atoms with van der Waals surface area (Å²) in [5.74, 6) is -1.22. The Morgan fingerprint density at radius 3 is 2.25 bits per heavy atom. The molecule has 1 saturated heterocycles. The zero-order valence-electron chi connectivity index (χ0n) is 30.6. The van der Waals surface area contributed by atoms with Gasteiger partial charge in [-0.2, -0.15) is 0 Å². The third kappa shape index (κ3) is 9.40. The van der Waals surface area contributed by atoms with Crippen molar-refractivity contribution < 1.29 is 28.7 Å². The van der Waals surface area contributed by atoms with E-state index in [0.29, 0.717) is 6.61 Å². The first-order chi connectivity index (χ1) is 25.5. The van der Waals surface area contributed by atoms with Gasteiger partial charge in [0.2, 0.25) is 17.7 Å².